The lowest BCUT2D eigenvalue weighted by atomic mass is 9.79. The van der Waals surface area contributed by atoms with E-state index in [2.05, 4.69) is 35.1 Å². The van der Waals surface area contributed by atoms with Crippen LogP contribution in [0, 0.1) is 0 Å². The summed E-state index contributed by atoms with van der Waals surface area (Å²) in [6.07, 6.45) is 5.94. The summed E-state index contributed by atoms with van der Waals surface area (Å²) in [5, 5.41) is 27.6. The Kier molecular flexibility index (Phi) is 5.83. The number of ether oxygens (including phenoxy) is 1. The zero-order chi connectivity index (χ0) is 20.6. The lowest BCUT2D eigenvalue weighted by molar-refractivity contribution is -0.112. The maximum absolute atomic E-state index is 9.58. The maximum Gasteiger partial charge on any atom is 0.108 e. The van der Waals surface area contributed by atoms with Gasteiger partial charge in [0.25, 0.3) is 0 Å². The Hall–Kier alpha value is -1.32. The summed E-state index contributed by atoms with van der Waals surface area (Å²) in [7, 11) is 0. The van der Waals surface area contributed by atoms with Crippen LogP contribution in [0.15, 0.2) is 12.3 Å². The van der Waals surface area contributed by atoms with Gasteiger partial charge in [-0.25, -0.2) is 4.68 Å². The number of likely N-dealkylation sites (tertiary alicyclic amines) is 1. The molecule has 8 heteroatoms. The van der Waals surface area contributed by atoms with E-state index in [1.165, 1.54) is 15.3 Å². The third-order valence-electron chi connectivity index (χ3n) is 6.60. The summed E-state index contributed by atoms with van der Waals surface area (Å²) in [4.78, 5) is 5.41. The van der Waals surface area contributed by atoms with Gasteiger partial charge in [-0.2, -0.15) is 0 Å². The summed E-state index contributed by atoms with van der Waals surface area (Å²) < 4.78 is 8.01. The molecule has 2 aromatic rings. The van der Waals surface area contributed by atoms with Gasteiger partial charge in [-0.1, -0.05) is 12.1 Å². The Bertz CT molecular complexity index is 847. The molecule has 4 rings (SSSR count). The highest BCUT2D eigenvalue weighted by Gasteiger charge is 2.44. The van der Waals surface area contributed by atoms with Crippen molar-refractivity contribution in [1.82, 2.24) is 19.9 Å². The molecule has 1 fully saturated rings. The van der Waals surface area contributed by atoms with E-state index in [-0.39, 0.29) is 18.8 Å². The lowest BCUT2D eigenvalue weighted by Gasteiger charge is -2.47. The van der Waals surface area contributed by atoms with Gasteiger partial charge in [0.15, 0.2) is 0 Å². The largest absolute Gasteiger partial charge is 0.394 e. The highest BCUT2D eigenvalue weighted by Crippen LogP contribution is 2.46. The standard InChI is InChI=1S/C21H32N4O3S/c1-4-17-9-18-19(29-17)5-8-28-21(18)6-7-24(15(2)10-21)11-16-12-25(23-22-16)20(3,13-26)14-27/h9,12,15,26-27H,4-8,10-11,13-14H2,1-3H3/t15-,21+/m0/s1. The van der Waals surface area contributed by atoms with Gasteiger partial charge >= 0.3 is 0 Å². The number of aromatic nitrogens is 3. The van der Waals surface area contributed by atoms with E-state index in [1.807, 2.05) is 17.5 Å². The second-order valence-corrected chi connectivity index (χ2v) is 9.96. The second-order valence-electron chi connectivity index (χ2n) is 8.74. The van der Waals surface area contributed by atoms with Gasteiger partial charge in [-0.15, -0.1) is 16.4 Å². The van der Waals surface area contributed by atoms with Crippen LogP contribution in [0.5, 0.6) is 0 Å². The lowest BCUT2D eigenvalue weighted by Crippen LogP contribution is -2.50. The zero-order valence-corrected chi connectivity index (χ0v) is 18.4. The Morgan fingerprint density at radius 1 is 1.38 bits per heavy atom. The number of thiophene rings is 1. The van der Waals surface area contributed by atoms with E-state index in [0.29, 0.717) is 12.6 Å². The first-order valence-corrected chi connectivity index (χ1v) is 11.4. The predicted molar refractivity (Wildman–Crippen MR) is 112 cm³/mol. The molecule has 0 aromatic carbocycles. The minimum atomic E-state index is -0.828. The van der Waals surface area contributed by atoms with Crippen LogP contribution >= 0.6 is 11.3 Å². The number of rotatable bonds is 6. The molecule has 2 aromatic heterocycles. The smallest absolute Gasteiger partial charge is 0.108 e. The van der Waals surface area contributed by atoms with Gasteiger partial charge in [0.2, 0.25) is 0 Å². The molecule has 2 N–H and O–H groups in total. The van der Waals surface area contributed by atoms with Gasteiger partial charge in [-0.05, 0) is 44.7 Å². The quantitative estimate of drug-likeness (QED) is 0.744. The van der Waals surface area contributed by atoms with Crippen LogP contribution in [0.3, 0.4) is 0 Å². The van der Waals surface area contributed by atoms with Gasteiger partial charge < -0.3 is 14.9 Å². The first-order valence-electron chi connectivity index (χ1n) is 10.6. The summed E-state index contributed by atoms with van der Waals surface area (Å²) in [5.74, 6) is 0. The molecule has 2 atom stereocenters. The minimum Gasteiger partial charge on any atom is -0.394 e. The van der Waals surface area contributed by atoms with E-state index in [9.17, 15) is 10.2 Å². The number of nitrogens with zero attached hydrogens (tertiary/aromatic N) is 4. The maximum atomic E-state index is 9.58. The molecule has 0 aliphatic carbocycles. The topological polar surface area (TPSA) is 83.6 Å². The van der Waals surface area contributed by atoms with Crippen LogP contribution in [0.1, 0.15) is 54.6 Å². The van der Waals surface area contributed by atoms with Crippen molar-refractivity contribution in [2.75, 3.05) is 26.4 Å². The molecule has 0 bridgehead atoms. The van der Waals surface area contributed by atoms with E-state index >= 15 is 0 Å². The summed E-state index contributed by atoms with van der Waals surface area (Å²) in [6.45, 7) is 8.36. The first-order chi connectivity index (χ1) is 13.9. The fourth-order valence-electron chi connectivity index (χ4n) is 4.55. The molecule has 0 radical (unpaired) electrons. The Morgan fingerprint density at radius 3 is 2.86 bits per heavy atom. The van der Waals surface area contributed by atoms with Crippen molar-refractivity contribution in [3.63, 3.8) is 0 Å². The van der Waals surface area contributed by atoms with E-state index in [1.54, 1.807) is 11.6 Å². The molecular weight excluding hydrogens is 388 g/mol. The Morgan fingerprint density at radius 2 is 2.17 bits per heavy atom. The molecule has 1 saturated heterocycles. The zero-order valence-electron chi connectivity index (χ0n) is 17.6. The molecule has 7 nitrogen and oxygen atoms in total. The van der Waals surface area contributed by atoms with Crippen LogP contribution in [-0.2, 0) is 35.3 Å². The third kappa shape index (κ3) is 3.77. The van der Waals surface area contributed by atoms with Crippen LogP contribution in [0.4, 0.5) is 0 Å². The van der Waals surface area contributed by atoms with Crippen molar-refractivity contribution in [2.45, 2.75) is 70.2 Å². The average molecular weight is 421 g/mol. The highest BCUT2D eigenvalue weighted by atomic mass is 32.1. The molecule has 4 heterocycles. The molecule has 0 saturated carbocycles. The van der Waals surface area contributed by atoms with Crippen LogP contribution in [-0.4, -0.2) is 62.5 Å². The Labute approximate surface area is 176 Å². The van der Waals surface area contributed by atoms with Gasteiger partial charge in [0, 0.05) is 35.3 Å². The molecule has 1 spiro atoms. The average Bonchev–Trinajstić information content (AvgIpc) is 3.38. The van der Waals surface area contributed by atoms with Crippen molar-refractivity contribution in [3.8, 4) is 0 Å². The van der Waals surface area contributed by atoms with Gasteiger partial charge in [0.1, 0.15) is 5.54 Å². The fraction of sp³-hybridized carbons (Fsp3) is 0.714. The Balaban J connectivity index is 1.47. The van der Waals surface area contributed by atoms with Gasteiger partial charge in [0.05, 0.1) is 37.3 Å². The molecule has 0 amide bonds. The molecule has 29 heavy (non-hydrogen) atoms. The normalized spacial score (nSPS) is 25.5. The van der Waals surface area contributed by atoms with Crippen molar-refractivity contribution in [3.05, 3.63) is 33.3 Å². The van der Waals surface area contributed by atoms with E-state index < -0.39 is 5.54 Å². The summed E-state index contributed by atoms with van der Waals surface area (Å²) in [6, 6.07) is 2.75. The predicted octanol–water partition coefficient (Wildman–Crippen LogP) is 2.05. The molecule has 2 aliphatic heterocycles. The number of aliphatic hydroxyl groups excluding tert-OH is 2. The summed E-state index contributed by atoms with van der Waals surface area (Å²) >= 11 is 1.96. The monoisotopic (exact) mass is 420 g/mol. The highest BCUT2D eigenvalue weighted by molar-refractivity contribution is 7.12. The number of hydrogen-bond donors (Lipinski definition) is 2. The number of hydrogen-bond acceptors (Lipinski definition) is 7. The van der Waals surface area contributed by atoms with Crippen LogP contribution in [0.2, 0.25) is 0 Å². The minimum absolute atomic E-state index is 0.141. The second kappa shape index (κ2) is 8.07. The molecule has 0 unspecified atom stereocenters. The number of piperidine rings is 1. The number of aliphatic hydroxyl groups is 2. The van der Waals surface area contributed by atoms with Crippen molar-refractivity contribution in [1.29, 1.82) is 0 Å². The van der Waals surface area contributed by atoms with Crippen LogP contribution in [0.25, 0.3) is 0 Å². The van der Waals surface area contributed by atoms with E-state index in [0.717, 1.165) is 44.5 Å². The van der Waals surface area contributed by atoms with Crippen molar-refractivity contribution < 1.29 is 14.9 Å². The number of aryl methyl sites for hydroxylation is 1. The molecule has 2 aliphatic rings. The number of fused-ring (bicyclic) bond motifs is 2. The van der Waals surface area contributed by atoms with Crippen molar-refractivity contribution >= 4 is 11.3 Å². The third-order valence-corrected chi connectivity index (χ3v) is 7.94. The summed E-state index contributed by atoms with van der Waals surface area (Å²) in [5.41, 5.74) is 1.32. The molecular formula is C21H32N4O3S. The van der Waals surface area contributed by atoms with Gasteiger partial charge in [-0.3, -0.25) is 4.90 Å². The SMILES string of the molecule is CCc1cc2c(s1)CCO[C@@]21CCN(Cc2cn(C(C)(CO)CO)nn2)[C@@H](C)C1. The first kappa shape index (κ1) is 20.9. The van der Waals surface area contributed by atoms with Crippen molar-refractivity contribution in [2.24, 2.45) is 0 Å². The fourth-order valence-corrected chi connectivity index (χ4v) is 5.73. The molecule has 160 valence electrons. The van der Waals surface area contributed by atoms with E-state index in [4.69, 9.17) is 4.74 Å². The van der Waals surface area contributed by atoms with Crippen LogP contribution < -0.4 is 0 Å².